The SMILES string of the molecule is CCCNC(=NC)NCCNC(=O)Cc1ccc(F)cc1.I. The first kappa shape index (κ1) is 20.6. The molecule has 0 aliphatic heterocycles. The zero-order chi connectivity index (χ0) is 15.5. The van der Waals surface area contributed by atoms with Crippen LogP contribution in [0.15, 0.2) is 29.3 Å². The van der Waals surface area contributed by atoms with Gasteiger partial charge in [0.15, 0.2) is 5.96 Å². The standard InChI is InChI=1S/C15H23FN4O.HI/c1-3-8-19-15(17-2)20-10-9-18-14(21)11-12-4-6-13(16)7-5-12;/h4-7H,3,8-11H2,1-2H3,(H,18,21)(H2,17,19,20);1H. The highest BCUT2D eigenvalue weighted by molar-refractivity contribution is 14.0. The van der Waals surface area contributed by atoms with Crippen LogP contribution in [-0.2, 0) is 11.2 Å². The molecule has 0 radical (unpaired) electrons. The number of carbonyl (C=O) groups excluding carboxylic acids is 1. The second-order valence-electron chi connectivity index (χ2n) is 4.58. The van der Waals surface area contributed by atoms with Gasteiger partial charge in [-0.1, -0.05) is 19.1 Å². The van der Waals surface area contributed by atoms with Crippen molar-refractivity contribution in [2.75, 3.05) is 26.7 Å². The van der Waals surface area contributed by atoms with Crippen molar-refractivity contribution >= 4 is 35.8 Å². The maximum Gasteiger partial charge on any atom is 0.224 e. The van der Waals surface area contributed by atoms with Crippen molar-refractivity contribution < 1.29 is 9.18 Å². The minimum atomic E-state index is -0.297. The lowest BCUT2D eigenvalue weighted by molar-refractivity contribution is -0.120. The van der Waals surface area contributed by atoms with Crippen molar-refractivity contribution in [3.63, 3.8) is 0 Å². The molecular formula is C15H24FIN4O. The fourth-order valence-corrected chi connectivity index (χ4v) is 1.70. The smallest absolute Gasteiger partial charge is 0.224 e. The zero-order valence-corrected chi connectivity index (χ0v) is 15.3. The van der Waals surface area contributed by atoms with Gasteiger partial charge in [-0.25, -0.2) is 4.39 Å². The molecule has 1 aromatic carbocycles. The zero-order valence-electron chi connectivity index (χ0n) is 13.0. The highest BCUT2D eigenvalue weighted by Gasteiger charge is 2.03. The summed E-state index contributed by atoms with van der Waals surface area (Å²) in [5.41, 5.74) is 0.794. The van der Waals surface area contributed by atoms with Gasteiger partial charge in [-0.05, 0) is 24.1 Å². The fourth-order valence-electron chi connectivity index (χ4n) is 1.70. The number of aliphatic imine (C=N–C) groups is 1. The van der Waals surface area contributed by atoms with Crippen molar-refractivity contribution in [1.29, 1.82) is 0 Å². The molecule has 3 N–H and O–H groups in total. The number of rotatable bonds is 7. The van der Waals surface area contributed by atoms with Crippen molar-refractivity contribution in [2.45, 2.75) is 19.8 Å². The Morgan fingerprint density at radius 3 is 2.27 bits per heavy atom. The van der Waals surface area contributed by atoms with E-state index in [4.69, 9.17) is 0 Å². The summed E-state index contributed by atoms with van der Waals surface area (Å²) in [7, 11) is 1.71. The van der Waals surface area contributed by atoms with Crippen molar-refractivity contribution in [3.8, 4) is 0 Å². The average molecular weight is 422 g/mol. The van der Waals surface area contributed by atoms with E-state index in [0.29, 0.717) is 13.1 Å². The van der Waals surface area contributed by atoms with E-state index < -0.39 is 0 Å². The summed E-state index contributed by atoms with van der Waals surface area (Å²) in [6.07, 6.45) is 1.28. The van der Waals surface area contributed by atoms with Gasteiger partial charge < -0.3 is 16.0 Å². The molecule has 0 spiro atoms. The molecule has 7 heteroatoms. The molecule has 0 bridgehead atoms. The molecule has 0 aromatic heterocycles. The van der Waals surface area contributed by atoms with Crippen LogP contribution in [0.25, 0.3) is 0 Å². The van der Waals surface area contributed by atoms with Crippen LogP contribution < -0.4 is 16.0 Å². The van der Waals surface area contributed by atoms with Crippen LogP contribution in [0.1, 0.15) is 18.9 Å². The predicted molar refractivity (Wildman–Crippen MR) is 98.2 cm³/mol. The molecule has 124 valence electrons. The summed E-state index contributed by atoms with van der Waals surface area (Å²) < 4.78 is 12.7. The van der Waals surface area contributed by atoms with E-state index in [0.717, 1.165) is 24.5 Å². The van der Waals surface area contributed by atoms with Gasteiger partial charge in [-0.3, -0.25) is 9.79 Å². The van der Waals surface area contributed by atoms with E-state index >= 15 is 0 Å². The van der Waals surface area contributed by atoms with Gasteiger partial charge in [0.2, 0.25) is 5.91 Å². The number of halogens is 2. The summed E-state index contributed by atoms with van der Waals surface area (Å²) >= 11 is 0. The molecule has 0 atom stereocenters. The summed E-state index contributed by atoms with van der Waals surface area (Å²) in [6.45, 7) is 4.04. The molecule has 1 amide bonds. The Labute approximate surface area is 148 Å². The highest BCUT2D eigenvalue weighted by atomic mass is 127. The van der Waals surface area contributed by atoms with Crippen LogP contribution in [0.4, 0.5) is 4.39 Å². The van der Waals surface area contributed by atoms with Gasteiger partial charge in [0.1, 0.15) is 5.82 Å². The molecule has 0 fully saturated rings. The van der Waals surface area contributed by atoms with E-state index in [9.17, 15) is 9.18 Å². The second-order valence-corrected chi connectivity index (χ2v) is 4.58. The molecule has 1 rings (SSSR count). The molecule has 0 aliphatic rings. The third-order valence-electron chi connectivity index (χ3n) is 2.78. The van der Waals surface area contributed by atoms with Crippen LogP contribution in [0, 0.1) is 5.82 Å². The first-order valence-corrected chi connectivity index (χ1v) is 7.11. The number of hydrogen-bond donors (Lipinski definition) is 3. The average Bonchev–Trinajstić information content (AvgIpc) is 2.49. The molecule has 0 saturated carbocycles. The Hall–Kier alpha value is -1.38. The van der Waals surface area contributed by atoms with E-state index in [2.05, 4.69) is 27.9 Å². The molecule has 1 aromatic rings. The second kappa shape index (κ2) is 12.2. The molecule has 0 aliphatic carbocycles. The first-order chi connectivity index (χ1) is 10.2. The molecule has 0 unspecified atom stereocenters. The van der Waals surface area contributed by atoms with Gasteiger partial charge in [0.25, 0.3) is 0 Å². The van der Waals surface area contributed by atoms with Crippen LogP contribution in [0.3, 0.4) is 0 Å². The number of carbonyl (C=O) groups is 1. The van der Waals surface area contributed by atoms with Gasteiger partial charge in [0.05, 0.1) is 6.42 Å². The summed E-state index contributed by atoms with van der Waals surface area (Å²) in [5.74, 6) is 0.346. The van der Waals surface area contributed by atoms with Gasteiger partial charge in [-0.2, -0.15) is 0 Å². The lowest BCUT2D eigenvalue weighted by Gasteiger charge is -2.11. The summed E-state index contributed by atoms with van der Waals surface area (Å²) in [6, 6.07) is 5.94. The largest absolute Gasteiger partial charge is 0.356 e. The van der Waals surface area contributed by atoms with E-state index in [1.165, 1.54) is 12.1 Å². The Bertz CT molecular complexity index is 465. The fraction of sp³-hybridized carbons (Fsp3) is 0.467. The summed E-state index contributed by atoms with van der Waals surface area (Å²) in [5, 5.41) is 9.05. The normalized spacial score (nSPS) is 10.6. The Morgan fingerprint density at radius 2 is 1.68 bits per heavy atom. The third kappa shape index (κ3) is 8.81. The lowest BCUT2D eigenvalue weighted by Crippen LogP contribution is -2.41. The number of guanidine groups is 1. The molecule has 0 heterocycles. The Morgan fingerprint density at radius 1 is 1.09 bits per heavy atom. The topological polar surface area (TPSA) is 65.5 Å². The lowest BCUT2D eigenvalue weighted by atomic mass is 10.1. The van der Waals surface area contributed by atoms with Crippen LogP contribution in [0.2, 0.25) is 0 Å². The molecule has 22 heavy (non-hydrogen) atoms. The predicted octanol–water partition coefficient (Wildman–Crippen LogP) is 1.68. The van der Waals surface area contributed by atoms with Crippen LogP contribution in [-0.4, -0.2) is 38.5 Å². The maximum absolute atomic E-state index is 12.7. The van der Waals surface area contributed by atoms with Gasteiger partial charge >= 0.3 is 0 Å². The van der Waals surface area contributed by atoms with Crippen LogP contribution >= 0.6 is 24.0 Å². The van der Waals surface area contributed by atoms with Crippen molar-refractivity contribution in [2.24, 2.45) is 4.99 Å². The molecular weight excluding hydrogens is 398 g/mol. The minimum absolute atomic E-state index is 0. The number of nitrogens with one attached hydrogen (secondary N) is 3. The monoisotopic (exact) mass is 422 g/mol. The van der Waals surface area contributed by atoms with Crippen LogP contribution in [0.5, 0.6) is 0 Å². The summed E-state index contributed by atoms with van der Waals surface area (Å²) in [4.78, 5) is 15.8. The van der Waals surface area contributed by atoms with E-state index in [-0.39, 0.29) is 42.1 Å². The van der Waals surface area contributed by atoms with E-state index in [1.807, 2.05) is 0 Å². The highest BCUT2D eigenvalue weighted by Crippen LogP contribution is 2.03. The van der Waals surface area contributed by atoms with Gasteiger partial charge in [-0.15, -0.1) is 24.0 Å². The number of hydrogen-bond acceptors (Lipinski definition) is 2. The first-order valence-electron chi connectivity index (χ1n) is 7.11. The van der Waals surface area contributed by atoms with Crippen molar-refractivity contribution in [3.05, 3.63) is 35.6 Å². The van der Waals surface area contributed by atoms with Crippen molar-refractivity contribution in [1.82, 2.24) is 16.0 Å². The number of benzene rings is 1. The number of amides is 1. The molecule has 5 nitrogen and oxygen atoms in total. The number of nitrogens with zero attached hydrogens (tertiary/aromatic N) is 1. The maximum atomic E-state index is 12.7. The quantitative estimate of drug-likeness (QED) is 0.271. The van der Waals surface area contributed by atoms with Gasteiger partial charge in [0, 0.05) is 26.7 Å². The minimum Gasteiger partial charge on any atom is -0.356 e. The van der Waals surface area contributed by atoms with E-state index in [1.54, 1.807) is 19.2 Å². The Kier molecular flexibility index (Phi) is 11.4. The molecule has 0 saturated heterocycles. The Balaban J connectivity index is 0.00000441. The third-order valence-corrected chi connectivity index (χ3v) is 2.78.